The number of nitrogens with one attached hydrogen (secondary N) is 1. The lowest BCUT2D eigenvalue weighted by Crippen LogP contribution is -2.33. The zero-order chi connectivity index (χ0) is 17.9. The van der Waals surface area contributed by atoms with E-state index in [0.717, 1.165) is 48.1 Å². The molecule has 0 aliphatic heterocycles. The molecule has 0 unspecified atom stereocenters. The number of sulfonamides is 1. The molecular weight excluding hydrogens is 338 g/mol. The fourth-order valence-corrected chi connectivity index (χ4v) is 4.16. The maximum Gasteiger partial charge on any atom is 0.267 e. The third-order valence-corrected chi connectivity index (χ3v) is 5.75. The van der Waals surface area contributed by atoms with Crippen LogP contribution in [0.25, 0.3) is 0 Å². The predicted molar refractivity (Wildman–Crippen MR) is 96.9 cm³/mol. The van der Waals surface area contributed by atoms with Gasteiger partial charge in [-0.2, -0.15) is 5.10 Å². The van der Waals surface area contributed by atoms with Crippen molar-refractivity contribution in [3.63, 3.8) is 0 Å². The van der Waals surface area contributed by atoms with Crippen molar-refractivity contribution in [3.8, 4) is 0 Å². The van der Waals surface area contributed by atoms with Gasteiger partial charge < -0.3 is 0 Å². The summed E-state index contributed by atoms with van der Waals surface area (Å²) in [6.07, 6.45) is 3.97. The fraction of sp³-hybridized carbons (Fsp3) is 0.444. The van der Waals surface area contributed by atoms with E-state index < -0.39 is 10.0 Å². The first-order valence-electron chi connectivity index (χ1n) is 8.56. The summed E-state index contributed by atoms with van der Waals surface area (Å²) < 4.78 is 28.3. The summed E-state index contributed by atoms with van der Waals surface area (Å²) in [5, 5.41) is 4.40. The summed E-state index contributed by atoms with van der Waals surface area (Å²) >= 11 is 0. The van der Waals surface area contributed by atoms with Gasteiger partial charge in [0.2, 0.25) is 10.0 Å². The van der Waals surface area contributed by atoms with Crippen LogP contribution in [0.5, 0.6) is 0 Å². The monoisotopic (exact) mass is 361 g/mol. The van der Waals surface area contributed by atoms with Gasteiger partial charge in [-0.15, -0.1) is 0 Å². The predicted octanol–water partition coefficient (Wildman–Crippen LogP) is 1.55. The molecule has 1 heterocycles. The van der Waals surface area contributed by atoms with E-state index in [-0.39, 0.29) is 24.4 Å². The van der Waals surface area contributed by atoms with Crippen molar-refractivity contribution in [1.82, 2.24) is 14.5 Å². The van der Waals surface area contributed by atoms with Gasteiger partial charge in [0.05, 0.1) is 18.0 Å². The molecular formula is C18H23N3O3S. The summed E-state index contributed by atoms with van der Waals surface area (Å²) in [7, 11) is -3.44. The number of aromatic nitrogens is 2. The van der Waals surface area contributed by atoms with Crippen molar-refractivity contribution in [3.05, 3.63) is 63.1 Å². The lowest BCUT2D eigenvalue weighted by atomic mass is 9.97. The Labute approximate surface area is 147 Å². The highest BCUT2D eigenvalue weighted by Gasteiger charge is 2.14. The molecule has 1 N–H and O–H groups in total. The minimum atomic E-state index is -3.44. The van der Waals surface area contributed by atoms with Gasteiger partial charge in [-0.1, -0.05) is 29.8 Å². The number of hydrogen-bond donors (Lipinski definition) is 1. The number of nitrogens with zero attached hydrogens (tertiary/aromatic N) is 2. The molecule has 0 fully saturated rings. The lowest BCUT2D eigenvalue weighted by Gasteiger charge is -2.16. The quantitative estimate of drug-likeness (QED) is 0.846. The van der Waals surface area contributed by atoms with E-state index in [9.17, 15) is 13.2 Å². The molecule has 6 nitrogen and oxygen atoms in total. The molecule has 1 aliphatic carbocycles. The van der Waals surface area contributed by atoms with Crippen LogP contribution >= 0.6 is 0 Å². The molecule has 0 saturated heterocycles. The molecule has 3 rings (SSSR count). The van der Waals surface area contributed by atoms with Gasteiger partial charge in [0.1, 0.15) is 0 Å². The summed E-state index contributed by atoms with van der Waals surface area (Å²) in [4.78, 5) is 12.1. The molecule has 0 amide bonds. The van der Waals surface area contributed by atoms with Gasteiger partial charge in [0.25, 0.3) is 5.56 Å². The number of hydrogen-bond acceptors (Lipinski definition) is 4. The molecule has 0 atom stereocenters. The van der Waals surface area contributed by atoms with Crippen LogP contribution in [0.2, 0.25) is 0 Å². The number of aryl methyl sites for hydroxylation is 3. The molecule has 0 spiro atoms. The minimum absolute atomic E-state index is 0.0696. The maximum atomic E-state index is 12.2. The molecule has 2 aromatic rings. The third kappa shape index (κ3) is 4.76. The summed E-state index contributed by atoms with van der Waals surface area (Å²) in [6.45, 7) is 2.35. The van der Waals surface area contributed by atoms with Crippen molar-refractivity contribution in [1.29, 1.82) is 0 Å². The zero-order valence-electron chi connectivity index (χ0n) is 14.4. The van der Waals surface area contributed by atoms with E-state index in [0.29, 0.717) is 0 Å². The van der Waals surface area contributed by atoms with Crippen LogP contribution in [0.1, 0.15) is 35.2 Å². The topological polar surface area (TPSA) is 81.1 Å². The molecule has 134 valence electrons. The minimum Gasteiger partial charge on any atom is -0.268 e. The number of rotatable bonds is 6. The Hall–Kier alpha value is -1.99. The average Bonchev–Trinajstić information content (AvgIpc) is 2.57. The molecule has 0 radical (unpaired) electrons. The van der Waals surface area contributed by atoms with Crippen molar-refractivity contribution in [2.45, 2.75) is 44.9 Å². The molecule has 25 heavy (non-hydrogen) atoms. The van der Waals surface area contributed by atoms with E-state index in [1.165, 1.54) is 4.68 Å². The summed E-state index contributed by atoms with van der Waals surface area (Å²) in [6, 6.07) is 9.04. The van der Waals surface area contributed by atoms with Crippen LogP contribution in [0, 0.1) is 6.92 Å². The first-order valence-corrected chi connectivity index (χ1v) is 10.2. The first kappa shape index (κ1) is 17.8. The second-order valence-corrected chi connectivity index (χ2v) is 8.33. The van der Waals surface area contributed by atoms with Gasteiger partial charge in [0, 0.05) is 12.6 Å². The van der Waals surface area contributed by atoms with Crippen LogP contribution in [-0.4, -0.2) is 24.7 Å². The highest BCUT2D eigenvalue weighted by Crippen LogP contribution is 2.16. The lowest BCUT2D eigenvalue weighted by molar-refractivity contribution is 0.526. The largest absolute Gasteiger partial charge is 0.268 e. The van der Waals surface area contributed by atoms with Gasteiger partial charge in [-0.3, -0.25) is 4.79 Å². The Bertz CT molecular complexity index is 902. The van der Waals surface area contributed by atoms with Gasteiger partial charge in [-0.05, 0) is 43.7 Å². The van der Waals surface area contributed by atoms with Crippen molar-refractivity contribution in [2.24, 2.45) is 0 Å². The molecule has 0 bridgehead atoms. The maximum absolute atomic E-state index is 12.2. The van der Waals surface area contributed by atoms with Crippen LogP contribution < -0.4 is 10.3 Å². The van der Waals surface area contributed by atoms with E-state index in [1.807, 2.05) is 31.2 Å². The second kappa shape index (κ2) is 7.49. The smallest absolute Gasteiger partial charge is 0.267 e. The van der Waals surface area contributed by atoms with E-state index in [2.05, 4.69) is 9.82 Å². The SMILES string of the molecule is Cc1ccc(CS(=O)(=O)NCCn2nc3c(cc2=O)CCCC3)cc1. The summed E-state index contributed by atoms with van der Waals surface area (Å²) in [5.41, 5.74) is 3.66. The number of benzene rings is 1. The Morgan fingerprint density at radius 3 is 2.64 bits per heavy atom. The second-order valence-electron chi connectivity index (χ2n) is 6.52. The van der Waals surface area contributed by atoms with Crippen molar-refractivity contribution >= 4 is 10.0 Å². The Balaban J connectivity index is 1.60. The number of fused-ring (bicyclic) bond motifs is 1. The molecule has 0 saturated carbocycles. The molecule has 1 aromatic heterocycles. The highest BCUT2D eigenvalue weighted by molar-refractivity contribution is 7.88. The van der Waals surface area contributed by atoms with E-state index in [1.54, 1.807) is 6.07 Å². The zero-order valence-corrected chi connectivity index (χ0v) is 15.2. The van der Waals surface area contributed by atoms with Gasteiger partial charge >= 0.3 is 0 Å². The van der Waals surface area contributed by atoms with Gasteiger partial charge in [0.15, 0.2) is 0 Å². The van der Waals surface area contributed by atoms with Gasteiger partial charge in [-0.25, -0.2) is 17.8 Å². The van der Waals surface area contributed by atoms with Crippen LogP contribution in [0.3, 0.4) is 0 Å². The summed E-state index contributed by atoms with van der Waals surface area (Å²) in [5.74, 6) is -0.0696. The standard InChI is InChI=1S/C18H23N3O3S/c1-14-6-8-15(9-7-14)13-25(23,24)19-10-11-21-18(22)12-16-4-2-3-5-17(16)20-21/h6-9,12,19H,2-5,10-11,13H2,1H3. The van der Waals surface area contributed by atoms with Crippen LogP contribution in [-0.2, 0) is 35.2 Å². The Morgan fingerprint density at radius 2 is 1.88 bits per heavy atom. The third-order valence-electron chi connectivity index (χ3n) is 4.40. The Morgan fingerprint density at radius 1 is 1.16 bits per heavy atom. The van der Waals surface area contributed by atoms with Crippen molar-refractivity contribution < 1.29 is 8.42 Å². The highest BCUT2D eigenvalue weighted by atomic mass is 32.2. The van der Waals surface area contributed by atoms with Crippen LogP contribution in [0.15, 0.2) is 35.1 Å². The molecule has 1 aromatic carbocycles. The first-order chi connectivity index (χ1) is 11.9. The molecule has 1 aliphatic rings. The van der Waals surface area contributed by atoms with E-state index in [4.69, 9.17) is 0 Å². The fourth-order valence-electron chi connectivity index (χ4n) is 3.02. The van der Waals surface area contributed by atoms with E-state index >= 15 is 0 Å². The molecule has 7 heteroatoms. The normalized spacial score (nSPS) is 14.3. The Kier molecular flexibility index (Phi) is 5.34. The van der Waals surface area contributed by atoms with Crippen LogP contribution in [0.4, 0.5) is 0 Å². The average molecular weight is 361 g/mol. The van der Waals surface area contributed by atoms with Crippen molar-refractivity contribution in [2.75, 3.05) is 6.54 Å².